The van der Waals surface area contributed by atoms with Crippen molar-refractivity contribution in [2.75, 3.05) is 11.9 Å². The standard InChI is InChI=1S/C14H20BrCl2N/c1-2-3-4-5-6-7-10-18-12-9-8-11(15)13(16)14(12)17/h8-9,18H,2-7,10H2,1H3. The van der Waals surface area contributed by atoms with Gasteiger partial charge in [0.1, 0.15) is 0 Å². The van der Waals surface area contributed by atoms with Crippen LogP contribution in [0.4, 0.5) is 5.69 Å². The monoisotopic (exact) mass is 351 g/mol. The second-order valence-corrected chi connectivity index (χ2v) is 6.03. The van der Waals surface area contributed by atoms with Crippen LogP contribution in [-0.4, -0.2) is 6.54 Å². The summed E-state index contributed by atoms with van der Waals surface area (Å²) in [4.78, 5) is 0. The van der Waals surface area contributed by atoms with Crippen molar-refractivity contribution < 1.29 is 0 Å². The third-order valence-electron chi connectivity index (χ3n) is 2.88. The molecule has 0 aliphatic carbocycles. The van der Waals surface area contributed by atoms with E-state index in [0.717, 1.165) is 16.7 Å². The fourth-order valence-electron chi connectivity index (χ4n) is 1.79. The quantitative estimate of drug-likeness (QED) is 0.414. The van der Waals surface area contributed by atoms with Gasteiger partial charge in [0, 0.05) is 11.0 Å². The van der Waals surface area contributed by atoms with Gasteiger partial charge in [0.05, 0.1) is 15.7 Å². The Morgan fingerprint density at radius 1 is 1.00 bits per heavy atom. The first-order chi connectivity index (χ1) is 8.66. The predicted molar refractivity (Wildman–Crippen MR) is 86.0 cm³/mol. The van der Waals surface area contributed by atoms with Gasteiger partial charge in [-0.25, -0.2) is 0 Å². The molecular weight excluding hydrogens is 333 g/mol. The van der Waals surface area contributed by atoms with Crippen LogP contribution in [0.2, 0.25) is 10.0 Å². The van der Waals surface area contributed by atoms with Crippen LogP contribution in [0.5, 0.6) is 0 Å². The van der Waals surface area contributed by atoms with E-state index in [0.29, 0.717) is 10.0 Å². The molecule has 102 valence electrons. The van der Waals surface area contributed by atoms with Crippen molar-refractivity contribution in [1.29, 1.82) is 0 Å². The maximum absolute atomic E-state index is 6.16. The number of nitrogens with one attached hydrogen (secondary N) is 1. The molecule has 1 N–H and O–H groups in total. The fourth-order valence-corrected chi connectivity index (χ4v) is 2.63. The first-order valence-electron chi connectivity index (χ1n) is 6.54. The van der Waals surface area contributed by atoms with E-state index in [1.54, 1.807) is 0 Å². The molecule has 0 spiro atoms. The number of unbranched alkanes of at least 4 members (excludes halogenated alkanes) is 5. The number of halogens is 3. The van der Waals surface area contributed by atoms with Gasteiger partial charge in [0.25, 0.3) is 0 Å². The summed E-state index contributed by atoms with van der Waals surface area (Å²) in [5, 5.41) is 4.50. The maximum Gasteiger partial charge on any atom is 0.0835 e. The number of hydrogen-bond acceptors (Lipinski definition) is 1. The summed E-state index contributed by atoms with van der Waals surface area (Å²) in [5.74, 6) is 0. The fraction of sp³-hybridized carbons (Fsp3) is 0.571. The predicted octanol–water partition coefficient (Wildman–Crippen LogP) is 6.53. The van der Waals surface area contributed by atoms with Crippen LogP contribution in [0.25, 0.3) is 0 Å². The Balaban J connectivity index is 2.25. The molecule has 1 aromatic carbocycles. The molecular formula is C14H20BrCl2N. The lowest BCUT2D eigenvalue weighted by Crippen LogP contribution is -2.02. The normalized spacial score (nSPS) is 10.7. The Kier molecular flexibility index (Phi) is 8.12. The molecule has 0 atom stereocenters. The van der Waals surface area contributed by atoms with Crippen LogP contribution in [0.3, 0.4) is 0 Å². The van der Waals surface area contributed by atoms with Crippen LogP contribution >= 0.6 is 39.1 Å². The highest BCUT2D eigenvalue weighted by atomic mass is 79.9. The first-order valence-corrected chi connectivity index (χ1v) is 8.09. The zero-order chi connectivity index (χ0) is 13.4. The minimum absolute atomic E-state index is 0.574. The topological polar surface area (TPSA) is 12.0 Å². The van der Waals surface area contributed by atoms with E-state index in [4.69, 9.17) is 23.2 Å². The van der Waals surface area contributed by atoms with E-state index in [-0.39, 0.29) is 0 Å². The van der Waals surface area contributed by atoms with E-state index in [1.807, 2.05) is 12.1 Å². The van der Waals surface area contributed by atoms with Gasteiger partial charge < -0.3 is 5.32 Å². The molecule has 0 unspecified atom stereocenters. The van der Waals surface area contributed by atoms with Crippen molar-refractivity contribution >= 4 is 44.8 Å². The van der Waals surface area contributed by atoms with Gasteiger partial charge in [-0.2, -0.15) is 0 Å². The highest BCUT2D eigenvalue weighted by molar-refractivity contribution is 9.10. The molecule has 0 heterocycles. The molecule has 1 nitrogen and oxygen atoms in total. The van der Waals surface area contributed by atoms with Gasteiger partial charge in [0.15, 0.2) is 0 Å². The first kappa shape index (κ1) is 16.1. The van der Waals surface area contributed by atoms with Gasteiger partial charge in [-0.05, 0) is 34.5 Å². The number of rotatable bonds is 8. The van der Waals surface area contributed by atoms with Gasteiger partial charge in [0.2, 0.25) is 0 Å². The Morgan fingerprint density at radius 2 is 1.67 bits per heavy atom. The molecule has 0 bridgehead atoms. The molecule has 1 rings (SSSR count). The third kappa shape index (κ3) is 5.38. The zero-order valence-electron chi connectivity index (χ0n) is 10.7. The SMILES string of the molecule is CCCCCCCCNc1ccc(Br)c(Cl)c1Cl. The van der Waals surface area contributed by atoms with Crippen molar-refractivity contribution in [3.63, 3.8) is 0 Å². The molecule has 1 aromatic rings. The molecule has 0 amide bonds. The van der Waals surface area contributed by atoms with Crippen molar-refractivity contribution in [3.8, 4) is 0 Å². The van der Waals surface area contributed by atoms with Gasteiger partial charge in [-0.3, -0.25) is 0 Å². The molecule has 0 saturated heterocycles. The summed E-state index contributed by atoms with van der Waals surface area (Å²) in [6.07, 6.45) is 7.77. The summed E-state index contributed by atoms with van der Waals surface area (Å²) < 4.78 is 0.833. The Morgan fingerprint density at radius 3 is 2.39 bits per heavy atom. The molecule has 0 fully saturated rings. The maximum atomic E-state index is 6.16. The molecule has 0 aromatic heterocycles. The smallest absolute Gasteiger partial charge is 0.0835 e. The molecule has 0 radical (unpaired) electrons. The number of hydrogen-bond donors (Lipinski definition) is 1. The highest BCUT2D eigenvalue weighted by Crippen LogP contribution is 2.35. The van der Waals surface area contributed by atoms with Crippen molar-refractivity contribution in [1.82, 2.24) is 0 Å². The van der Waals surface area contributed by atoms with Crippen LogP contribution in [-0.2, 0) is 0 Å². The lowest BCUT2D eigenvalue weighted by molar-refractivity contribution is 0.617. The second kappa shape index (κ2) is 9.06. The summed E-state index contributed by atoms with van der Waals surface area (Å²) >= 11 is 15.6. The summed E-state index contributed by atoms with van der Waals surface area (Å²) in [6, 6.07) is 3.87. The third-order valence-corrected chi connectivity index (χ3v) is 4.65. The minimum atomic E-state index is 0.574. The average molecular weight is 353 g/mol. The molecule has 0 aliphatic rings. The second-order valence-electron chi connectivity index (χ2n) is 4.42. The minimum Gasteiger partial charge on any atom is -0.384 e. The summed E-state index contributed by atoms with van der Waals surface area (Å²) in [6.45, 7) is 3.19. The number of anilines is 1. The highest BCUT2D eigenvalue weighted by Gasteiger charge is 2.07. The van der Waals surface area contributed by atoms with Gasteiger partial charge in [-0.15, -0.1) is 0 Å². The van der Waals surface area contributed by atoms with E-state index < -0.39 is 0 Å². The van der Waals surface area contributed by atoms with Crippen LogP contribution in [0, 0.1) is 0 Å². The van der Waals surface area contributed by atoms with E-state index in [1.165, 1.54) is 38.5 Å². The van der Waals surface area contributed by atoms with Crippen molar-refractivity contribution in [2.24, 2.45) is 0 Å². The molecule has 0 aliphatic heterocycles. The molecule has 0 saturated carbocycles. The van der Waals surface area contributed by atoms with Crippen molar-refractivity contribution in [3.05, 3.63) is 26.7 Å². The zero-order valence-corrected chi connectivity index (χ0v) is 13.8. The van der Waals surface area contributed by atoms with Crippen LogP contribution < -0.4 is 5.32 Å². The Labute approximate surface area is 128 Å². The van der Waals surface area contributed by atoms with E-state index in [9.17, 15) is 0 Å². The summed E-state index contributed by atoms with van der Waals surface area (Å²) in [7, 11) is 0. The number of benzene rings is 1. The Hall–Kier alpha value is 0.0800. The van der Waals surface area contributed by atoms with Gasteiger partial charge in [-0.1, -0.05) is 62.2 Å². The molecule has 4 heteroatoms. The Bertz CT molecular complexity index is 369. The van der Waals surface area contributed by atoms with E-state index >= 15 is 0 Å². The lowest BCUT2D eigenvalue weighted by Gasteiger charge is -2.10. The average Bonchev–Trinajstić information content (AvgIpc) is 2.37. The van der Waals surface area contributed by atoms with Crippen LogP contribution in [0.15, 0.2) is 16.6 Å². The lowest BCUT2D eigenvalue weighted by atomic mass is 10.1. The van der Waals surface area contributed by atoms with E-state index in [2.05, 4.69) is 28.2 Å². The summed E-state index contributed by atoms with van der Waals surface area (Å²) in [5.41, 5.74) is 0.915. The van der Waals surface area contributed by atoms with Crippen molar-refractivity contribution in [2.45, 2.75) is 45.4 Å². The largest absolute Gasteiger partial charge is 0.384 e. The van der Waals surface area contributed by atoms with Crippen LogP contribution in [0.1, 0.15) is 45.4 Å². The van der Waals surface area contributed by atoms with Gasteiger partial charge >= 0.3 is 0 Å². The molecule has 18 heavy (non-hydrogen) atoms.